The summed E-state index contributed by atoms with van der Waals surface area (Å²) in [5, 5.41) is 11.7. The van der Waals surface area contributed by atoms with E-state index < -0.39 is 0 Å². The Morgan fingerprint density at radius 1 is 1.90 bits per heavy atom. The van der Waals surface area contributed by atoms with Gasteiger partial charge in [-0.05, 0) is 5.16 Å². The fraction of sp³-hybridized carbons (Fsp3) is 0.333. The molecule has 0 spiro atoms. The molecular weight excluding hydrogens is 132 g/mol. The van der Waals surface area contributed by atoms with Crippen molar-refractivity contribution in [3.8, 4) is 11.9 Å². The van der Waals surface area contributed by atoms with Gasteiger partial charge in [0.2, 0.25) is 0 Å². The largest absolute Gasteiger partial charge is 0.479 e. The second-order valence-electron chi connectivity index (χ2n) is 1.67. The van der Waals surface area contributed by atoms with E-state index >= 15 is 0 Å². The maximum Gasteiger partial charge on any atom is 0.254 e. The number of ether oxygens (including phenoxy) is 1. The van der Waals surface area contributed by atoms with E-state index in [1.165, 1.54) is 7.11 Å². The van der Waals surface area contributed by atoms with Gasteiger partial charge < -0.3 is 9.26 Å². The molecular formula is C6H6N2O2. The number of hydrogen-bond donors (Lipinski definition) is 0. The molecule has 4 heteroatoms. The van der Waals surface area contributed by atoms with Crippen molar-refractivity contribution >= 4 is 0 Å². The summed E-state index contributed by atoms with van der Waals surface area (Å²) in [6.45, 7) is 0. The molecule has 0 aliphatic heterocycles. The SMILES string of the molecule is COc1cc(CC#N)on1. The fourth-order valence-electron chi connectivity index (χ4n) is 0.551. The van der Waals surface area contributed by atoms with Crippen molar-refractivity contribution in [1.82, 2.24) is 5.16 Å². The normalized spacial score (nSPS) is 8.80. The molecule has 0 aliphatic carbocycles. The van der Waals surface area contributed by atoms with Gasteiger partial charge in [0.15, 0.2) is 5.76 Å². The highest BCUT2D eigenvalue weighted by Gasteiger charge is 2.01. The Balaban J connectivity index is 2.70. The van der Waals surface area contributed by atoms with Crippen LogP contribution in [0.15, 0.2) is 10.6 Å². The lowest BCUT2D eigenvalue weighted by molar-refractivity contribution is 0.329. The average Bonchev–Trinajstić information content (AvgIpc) is 2.37. The summed E-state index contributed by atoms with van der Waals surface area (Å²) in [4.78, 5) is 0. The van der Waals surface area contributed by atoms with Gasteiger partial charge in [-0.15, -0.1) is 0 Å². The minimum atomic E-state index is 0.232. The molecule has 0 aliphatic rings. The van der Waals surface area contributed by atoms with Crippen LogP contribution < -0.4 is 4.74 Å². The topological polar surface area (TPSA) is 59.0 Å². The van der Waals surface area contributed by atoms with E-state index in [1.54, 1.807) is 6.07 Å². The van der Waals surface area contributed by atoms with Gasteiger partial charge in [0.1, 0.15) is 0 Å². The molecule has 1 rings (SSSR count). The van der Waals surface area contributed by atoms with Crippen LogP contribution in [0.3, 0.4) is 0 Å². The average molecular weight is 138 g/mol. The minimum Gasteiger partial charge on any atom is -0.479 e. The molecule has 0 saturated carbocycles. The lowest BCUT2D eigenvalue weighted by atomic mass is 10.4. The Labute approximate surface area is 58.0 Å². The maximum atomic E-state index is 8.22. The summed E-state index contributed by atoms with van der Waals surface area (Å²) in [5.74, 6) is 0.935. The first-order valence-corrected chi connectivity index (χ1v) is 2.73. The highest BCUT2D eigenvalue weighted by atomic mass is 16.5. The number of nitriles is 1. The molecule has 1 aromatic heterocycles. The van der Waals surface area contributed by atoms with E-state index in [0.29, 0.717) is 11.6 Å². The van der Waals surface area contributed by atoms with Crippen LogP contribution in [-0.4, -0.2) is 12.3 Å². The molecule has 1 heterocycles. The molecule has 0 fully saturated rings. The first-order valence-electron chi connectivity index (χ1n) is 2.73. The molecule has 0 bridgehead atoms. The van der Waals surface area contributed by atoms with Crippen LogP contribution in [-0.2, 0) is 6.42 Å². The Morgan fingerprint density at radius 3 is 3.20 bits per heavy atom. The zero-order chi connectivity index (χ0) is 7.40. The van der Waals surface area contributed by atoms with Gasteiger partial charge in [-0.25, -0.2) is 0 Å². The molecule has 0 atom stereocenters. The molecule has 0 N–H and O–H groups in total. The van der Waals surface area contributed by atoms with E-state index in [-0.39, 0.29) is 6.42 Å². The number of methoxy groups -OCH3 is 1. The third-order valence-corrected chi connectivity index (χ3v) is 1.000. The highest BCUT2D eigenvalue weighted by molar-refractivity contribution is 5.13. The van der Waals surface area contributed by atoms with Gasteiger partial charge in [0.05, 0.1) is 19.6 Å². The number of hydrogen-bond acceptors (Lipinski definition) is 4. The Morgan fingerprint density at radius 2 is 2.70 bits per heavy atom. The highest BCUT2D eigenvalue weighted by Crippen LogP contribution is 2.09. The van der Waals surface area contributed by atoms with Crippen molar-refractivity contribution in [2.45, 2.75) is 6.42 Å². The predicted octanol–water partition coefficient (Wildman–Crippen LogP) is 0.749. The van der Waals surface area contributed by atoms with Crippen LogP contribution in [0.5, 0.6) is 5.88 Å². The van der Waals surface area contributed by atoms with Gasteiger partial charge in [-0.1, -0.05) is 0 Å². The van der Waals surface area contributed by atoms with Crippen LogP contribution in [0, 0.1) is 11.3 Å². The maximum absolute atomic E-state index is 8.22. The van der Waals surface area contributed by atoms with Crippen molar-refractivity contribution in [3.05, 3.63) is 11.8 Å². The van der Waals surface area contributed by atoms with Crippen LogP contribution in [0.25, 0.3) is 0 Å². The second kappa shape index (κ2) is 2.87. The van der Waals surface area contributed by atoms with Gasteiger partial charge in [-0.3, -0.25) is 0 Å². The lowest BCUT2D eigenvalue weighted by Gasteiger charge is -1.83. The molecule has 4 nitrogen and oxygen atoms in total. The molecule has 0 unspecified atom stereocenters. The third kappa shape index (κ3) is 1.26. The summed E-state index contributed by atoms with van der Waals surface area (Å²) in [6, 6.07) is 3.52. The zero-order valence-corrected chi connectivity index (χ0v) is 5.50. The monoisotopic (exact) mass is 138 g/mol. The van der Waals surface area contributed by atoms with Gasteiger partial charge in [0.25, 0.3) is 5.88 Å². The van der Waals surface area contributed by atoms with Crippen molar-refractivity contribution in [1.29, 1.82) is 5.26 Å². The third-order valence-electron chi connectivity index (χ3n) is 1.000. The Kier molecular flexibility index (Phi) is 1.90. The first-order chi connectivity index (χ1) is 4.86. The zero-order valence-electron chi connectivity index (χ0n) is 5.50. The lowest BCUT2D eigenvalue weighted by Crippen LogP contribution is -1.79. The van der Waals surface area contributed by atoms with E-state index in [9.17, 15) is 0 Å². The minimum absolute atomic E-state index is 0.232. The molecule has 1 aromatic rings. The number of aromatic nitrogens is 1. The van der Waals surface area contributed by atoms with Crippen LogP contribution in [0.4, 0.5) is 0 Å². The molecule has 0 radical (unpaired) electrons. The van der Waals surface area contributed by atoms with Crippen molar-refractivity contribution in [3.63, 3.8) is 0 Å². The van der Waals surface area contributed by atoms with E-state index in [4.69, 9.17) is 14.5 Å². The van der Waals surface area contributed by atoms with E-state index in [2.05, 4.69) is 5.16 Å². The molecule has 52 valence electrons. The Bertz CT molecular complexity index is 248. The molecule has 0 aromatic carbocycles. The van der Waals surface area contributed by atoms with Gasteiger partial charge in [-0.2, -0.15) is 5.26 Å². The summed E-state index contributed by atoms with van der Waals surface area (Å²) >= 11 is 0. The summed E-state index contributed by atoms with van der Waals surface area (Å²) in [5.41, 5.74) is 0. The standard InChI is InChI=1S/C6H6N2O2/c1-9-6-4-5(2-3-7)10-8-6/h4H,2H2,1H3. The first kappa shape index (κ1) is 6.62. The molecule has 10 heavy (non-hydrogen) atoms. The van der Waals surface area contributed by atoms with Crippen molar-refractivity contribution in [2.24, 2.45) is 0 Å². The van der Waals surface area contributed by atoms with Gasteiger partial charge in [0, 0.05) is 6.07 Å². The summed E-state index contributed by atoms with van der Waals surface area (Å²) in [6.07, 6.45) is 0.232. The number of nitrogens with zero attached hydrogens (tertiary/aromatic N) is 2. The predicted molar refractivity (Wildman–Crippen MR) is 32.4 cm³/mol. The fourth-order valence-corrected chi connectivity index (χ4v) is 0.551. The van der Waals surface area contributed by atoms with Crippen LogP contribution in [0.1, 0.15) is 5.76 Å². The quantitative estimate of drug-likeness (QED) is 0.605. The molecule has 0 saturated heterocycles. The van der Waals surface area contributed by atoms with Crippen LogP contribution in [0.2, 0.25) is 0 Å². The van der Waals surface area contributed by atoms with E-state index in [0.717, 1.165) is 0 Å². The van der Waals surface area contributed by atoms with Gasteiger partial charge >= 0.3 is 0 Å². The summed E-state index contributed by atoms with van der Waals surface area (Å²) < 4.78 is 9.43. The van der Waals surface area contributed by atoms with Crippen molar-refractivity contribution < 1.29 is 9.26 Å². The second-order valence-corrected chi connectivity index (χ2v) is 1.67. The Hall–Kier alpha value is -1.50. The van der Waals surface area contributed by atoms with Crippen molar-refractivity contribution in [2.75, 3.05) is 7.11 Å². The smallest absolute Gasteiger partial charge is 0.254 e. The number of rotatable bonds is 2. The van der Waals surface area contributed by atoms with Crippen LogP contribution >= 0.6 is 0 Å². The molecule has 0 amide bonds. The van der Waals surface area contributed by atoms with E-state index in [1.807, 2.05) is 6.07 Å². The summed E-state index contributed by atoms with van der Waals surface area (Å²) in [7, 11) is 1.49.